The van der Waals surface area contributed by atoms with Crippen LogP contribution in [0.25, 0.3) is 0 Å². The summed E-state index contributed by atoms with van der Waals surface area (Å²) in [4.78, 5) is 0. The molecule has 1 heterocycles. The van der Waals surface area contributed by atoms with Crippen LogP contribution in [-0.4, -0.2) is 16.3 Å². The minimum atomic E-state index is -0.127. The second-order valence-electron chi connectivity index (χ2n) is 4.22. The first-order valence-corrected chi connectivity index (χ1v) is 6.25. The van der Waals surface area contributed by atoms with Crippen LogP contribution in [0.1, 0.15) is 18.1 Å². The van der Waals surface area contributed by atoms with Crippen LogP contribution in [0, 0.1) is 5.82 Å². The van der Waals surface area contributed by atoms with Gasteiger partial charge in [0.05, 0.1) is 6.20 Å². The van der Waals surface area contributed by atoms with Crippen LogP contribution in [0.2, 0.25) is 0 Å². The number of aryl methyl sites for hydroxylation is 1. The van der Waals surface area contributed by atoms with Gasteiger partial charge in [0, 0.05) is 24.8 Å². The Hall–Kier alpha value is -1.68. The molecule has 0 atom stereocenters. The van der Waals surface area contributed by atoms with Crippen LogP contribution >= 0.6 is 0 Å². The second-order valence-corrected chi connectivity index (χ2v) is 4.22. The normalized spacial score (nSPS) is 10.8. The zero-order chi connectivity index (χ0) is 12.8. The monoisotopic (exact) mass is 247 g/mol. The van der Waals surface area contributed by atoms with Gasteiger partial charge in [-0.1, -0.05) is 18.2 Å². The maximum Gasteiger partial charge on any atom is 0.126 e. The summed E-state index contributed by atoms with van der Waals surface area (Å²) in [5.41, 5.74) is 1.92. The van der Waals surface area contributed by atoms with E-state index in [1.807, 2.05) is 29.2 Å². The summed E-state index contributed by atoms with van der Waals surface area (Å²) in [6.07, 6.45) is 4.59. The summed E-state index contributed by atoms with van der Waals surface area (Å²) in [6.45, 7) is 4.48. The number of hydrogen-bond donors (Lipinski definition) is 1. The van der Waals surface area contributed by atoms with E-state index in [1.165, 1.54) is 6.07 Å². The molecule has 0 radical (unpaired) electrons. The number of aromatic nitrogens is 2. The van der Waals surface area contributed by atoms with Crippen molar-refractivity contribution in [3.05, 3.63) is 53.6 Å². The number of rotatable bonds is 6. The molecular formula is C14H18FN3. The lowest BCUT2D eigenvalue weighted by Gasteiger charge is -2.04. The Balaban J connectivity index is 1.74. The Morgan fingerprint density at radius 1 is 1.33 bits per heavy atom. The molecule has 4 heteroatoms. The van der Waals surface area contributed by atoms with Crippen molar-refractivity contribution in [3.8, 4) is 0 Å². The van der Waals surface area contributed by atoms with E-state index in [0.717, 1.165) is 30.8 Å². The third-order valence-electron chi connectivity index (χ3n) is 2.87. The Morgan fingerprint density at radius 3 is 2.89 bits per heavy atom. The molecule has 1 aromatic heterocycles. The van der Waals surface area contributed by atoms with E-state index < -0.39 is 0 Å². The minimum absolute atomic E-state index is 0.127. The van der Waals surface area contributed by atoms with E-state index in [-0.39, 0.29) is 5.82 Å². The molecule has 0 aliphatic heterocycles. The summed E-state index contributed by atoms with van der Waals surface area (Å²) >= 11 is 0. The van der Waals surface area contributed by atoms with Gasteiger partial charge in [-0.2, -0.15) is 5.10 Å². The summed E-state index contributed by atoms with van der Waals surface area (Å²) in [5, 5.41) is 7.50. The van der Waals surface area contributed by atoms with Crippen molar-refractivity contribution in [2.45, 2.75) is 26.4 Å². The quantitative estimate of drug-likeness (QED) is 0.794. The summed E-state index contributed by atoms with van der Waals surface area (Å²) in [5.74, 6) is -0.127. The largest absolute Gasteiger partial charge is 0.312 e. The molecule has 1 N–H and O–H groups in total. The first kappa shape index (κ1) is 12.8. The van der Waals surface area contributed by atoms with E-state index in [1.54, 1.807) is 6.07 Å². The second kappa shape index (κ2) is 6.31. The van der Waals surface area contributed by atoms with Crippen molar-refractivity contribution in [2.24, 2.45) is 0 Å². The van der Waals surface area contributed by atoms with Gasteiger partial charge in [0.1, 0.15) is 5.82 Å². The Kier molecular flexibility index (Phi) is 4.47. The molecule has 0 amide bonds. The Bertz CT molecular complexity index is 493. The van der Waals surface area contributed by atoms with Crippen LogP contribution in [0.15, 0.2) is 36.7 Å². The lowest BCUT2D eigenvalue weighted by atomic mass is 10.1. The molecule has 0 saturated heterocycles. The molecule has 18 heavy (non-hydrogen) atoms. The van der Waals surface area contributed by atoms with E-state index >= 15 is 0 Å². The highest BCUT2D eigenvalue weighted by atomic mass is 19.1. The van der Waals surface area contributed by atoms with Gasteiger partial charge in [0.15, 0.2) is 0 Å². The van der Waals surface area contributed by atoms with Crippen molar-refractivity contribution < 1.29 is 4.39 Å². The first-order chi connectivity index (χ1) is 8.79. The number of nitrogens with one attached hydrogen (secondary N) is 1. The number of hydrogen-bond acceptors (Lipinski definition) is 2. The standard InChI is InChI=1S/C14H18FN3/c1-2-18-11-12(10-17-18)9-16-8-7-13-5-3-4-6-14(13)15/h3-6,10-11,16H,2,7-9H2,1H3. The van der Waals surface area contributed by atoms with Gasteiger partial charge in [-0.3, -0.25) is 4.68 Å². The van der Waals surface area contributed by atoms with Crippen LogP contribution in [0.3, 0.4) is 0 Å². The molecule has 0 aliphatic carbocycles. The van der Waals surface area contributed by atoms with Crippen molar-refractivity contribution >= 4 is 0 Å². The third kappa shape index (κ3) is 3.40. The van der Waals surface area contributed by atoms with E-state index in [2.05, 4.69) is 17.3 Å². The van der Waals surface area contributed by atoms with E-state index in [9.17, 15) is 4.39 Å². The van der Waals surface area contributed by atoms with Crippen LogP contribution < -0.4 is 5.32 Å². The van der Waals surface area contributed by atoms with E-state index in [4.69, 9.17) is 0 Å². The SMILES string of the molecule is CCn1cc(CNCCc2ccccc2F)cn1. The highest BCUT2D eigenvalue weighted by molar-refractivity contribution is 5.17. The fourth-order valence-electron chi connectivity index (χ4n) is 1.83. The molecule has 0 bridgehead atoms. The minimum Gasteiger partial charge on any atom is -0.312 e. The van der Waals surface area contributed by atoms with Gasteiger partial charge in [0.25, 0.3) is 0 Å². The average Bonchev–Trinajstić information content (AvgIpc) is 2.84. The van der Waals surface area contributed by atoms with Gasteiger partial charge in [-0.15, -0.1) is 0 Å². The van der Waals surface area contributed by atoms with Crippen LogP contribution in [0.4, 0.5) is 4.39 Å². The van der Waals surface area contributed by atoms with Crippen molar-refractivity contribution in [1.29, 1.82) is 0 Å². The number of benzene rings is 1. The molecule has 0 unspecified atom stereocenters. The van der Waals surface area contributed by atoms with Gasteiger partial charge in [-0.25, -0.2) is 4.39 Å². The zero-order valence-electron chi connectivity index (χ0n) is 10.6. The smallest absolute Gasteiger partial charge is 0.126 e. The average molecular weight is 247 g/mol. The first-order valence-electron chi connectivity index (χ1n) is 6.25. The maximum absolute atomic E-state index is 13.3. The molecule has 0 saturated carbocycles. The molecule has 2 aromatic rings. The van der Waals surface area contributed by atoms with Crippen molar-refractivity contribution in [3.63, 3.8) is 0 Å². The fourth-order valence-corrected chi connectivity index (χ4v) is 1.83. The molecule has 96 valence electrons. The van der Waals surface area contributed by atoms with Crippen molar-refractivity contribution in [1.82, 2.24) is 15.1 Å². The summed E-state index contributed by atoms with van der Waals surface area (Å²) < 4.78 is 15.2. The summed E-state index contributed by atoms with van der Waals surface area (Å²) in [6, 6.07) is 6.90. The molecule has 1 aromatic carbocycles. The van der Waals surface area contributed by atoms with Gasteiger partial charge >= 0.3 is 0 Å². The highest BCUT2D eigenvalue weighted by Crippen LogP contribution is 2.06. The topological polar surface area (TPSA) is 29.9 Å². The predicted octanol–water partition coefficient (Wildman–Crippen LogP) is 2.37. The Morgan fingerprint density at radius 2 is 2.17 bits per heavy atom. The Labute approximate surface area is 107 Å². The lowest BCUT2D eigenvalue weighted by Crippen LogP contribution is -2.16. The predicted molar refractivity (Wildman–Crippen MR) is 69.7 cm³/mol. The maximum atomic E-state index is 13.3. The highest BCUT2D eigenvalue weighted by Gasteiger charge is 2.00. The van der Waals surface area contributed by atoms with Crippen LogP contribution in [-0.2, 0) is 19.5 Å². The fraction of sp³-hybridized carbons (Fsp3) is 0.357. The third-order valence-corrected chi connectivity index (χ3v) is 2.87. The molecule has 0 aliphatic rings. The number of nitrogens with zero attached hydrogens (tertiary/aromatic N) is 2. The van der Waals surface area contributed by atoms with Gasteiger partial charge in [0.2, 0.25) is 0 Å². The van der Waals surface area contributed by atoms with Gasteiger partial charge in [-0.05, 0) is 31.5 Å². The van der Waals surface area contributed by atoms with Crippen molar-refractivity contribution in [2.75, 3.05) is 6.54 Å². The molecule has 0 fully saturated rings. The molecular weight excluding hydrogens is 229 g/mol. The lowest BCUT2D eigenvalue weighted by molar-refractivity contribution is 0.597. The van der Waals surface area contributed by atoms with Crippen LogP contribution in [0.5, 0.6) is 0 Å². The van der Waals surface area contributed by atoms with Gasteiger partial charge < -0.3 is 5.32 Å². The molecule has 3 nitrogen and oxygen atoms in total. The molecule has 2 rings (SSSR count). The zero-order valence-corrected chi connectivity index (χ0v) is 10.6. The molecule has 0 spiro atoms. The summed E-state index contributed by atoms with van der Waals surface area (Å²) in [7, 11) is 0. The van der Waals surface area contributed by atoms with E-state index in [0.29, 0.717) is 6.42 Å². The number of halogens is 1.